The van der Waals surface area contributed by atoms with Gasteiger partial charge in [0.15, 0.2) is 0 Å². The zero-order valence-corrected chi connectivity index (χ0v) is 14.0. The third kappa shape index (κ3) is 3.78. The highest BCUT2D eigenvalue weighted by atomic mass is 32.2. The zero-order valence-electron chi connectivity index (χ0n) is 13.2. The van der Waals surface area contributed by atoms with Gasteiger partial charge in [-0.15, -0.1) is 0 Å². The quantitative estimate of drug-likeness (QED) is 0.832. The van der Waals surface area contributed by atoms with E-state index >= 15 is 0 Å². The van der Waals surface area contributed by atoms with Gasteiger partial charge in [-0.1, -0.05) is 6.07 Å². The normalized spacial score (nSPS) is 17.6. The van der Waals surface area contributed by atoms with E-state index in [-0.39, 0.29) is 11.5 Å². The molecule has 0 bridgehead atoms. The van der Waals surface area contributed by atoms with Crippen molar-refractivity contribution in [3.05, 3.63) is 23.8 Å². The molecule has 0 spiro atoms. The summed E-state index contributed by atoms with van der Waals surface area (Å²) in [5.41, 5.74) is 0.968. The molecule has 1 aliphatic heterocycles. The molecule has 0 unspecified atom stereocenters. The molecule has 0 saturated carbocycles. The topological polar surface area (TPSA) is 70.1 Å². The maximum Gasteiger partial charge on any atom is 0.246 e. The van der Waals surface area contributed by atoms with Crippen molar-refractivity contribution in [2.45, 2.75) is 18.7 Å². The van der Waals surface area contributed by atoms with Gasteiger partial charge < -0.3 is 9.84 Å². The highest BCUT2D eigenvalue weighted by Crippen LogP contribution is 2.28. The molecule has 6 nitrogen and oxygen atoms in total. The zero-order chi connectivity index (χ0) is 16.2. The van der Waals surface area contributed by atoms with E-state index in [1.165, 1.54) is 4.31 Å². The van der Waals surface area contributed by atoms with Crippen LogP contribution in [-0.2, 0) is 10.0 Å². The molecule has 0 aromatic heterocycles. The maximum atomic E-state index is 12.8. The van der Waals surface area contributed by atoms with E-state index in [2.05, 4.69) is 4.90 Å². The molecule has 0 radical (unpaired) electrons. The number of β-amino-alcohol motifs (C(OH)–C–C–N with tert-alkyl or cyclic N) is 1. The first kappa shape index (κ1) is 17.2. The van der Waals surface area contributed by atoms with Gasteiger partial charge >= 0.3 is 0 Å². The number of hydrogen-bond acceptors (Lipinski definition) is 5. The first-order valence-corrected chi connectivity index (χ1v) is 9.00. The van der Waals surface area contributed by atoms with Crippen molar-refractivity contribution >= 4 is 10.0 Å². The van der Waals surface area contributed by atoms with Crippen molar-refractivity contribution in [2.24, 2.45) is 0 Å². The third-order valence-corrected chi connectivity index (χ3v) is 5.70. The van der Waals surface area contributed by atoms with E-state index in [4.69, 9.17) is 9.84 Å². The van der Waals surface area contributed by atoms with Crippen LogP contribution in [-0.4, -0.2) is 68.7 Å². The minimum atomic E-state index is -3.55. The Kier molecular flexibility index (Phi) is 5.80. The lowest BCUT2D eigenvalue weighted by Crippen LogP contribution is -2.49. The van der Waals surface area contributed by atoms with Gasteiger partial charge in [0, 0.05) is 32.7 Å². The van der Waals surface area contributed by atoms with E-state index in [1.807, 2.05) is 13.8 Å². The summed E-state index contributed by atoms with van der Waals surface area (Å²) in [6.45, 7) is 6.99. The Bertz CT molecular complexity index is 596. The van der Waals surface area contributed by atoms with Gasteiger partial charge in [0.25, 0.3) is 0 Å². The lowest BCUT2D eigenvalue weighted by atomic mass is 10.2. The molecule has 1 saturated heterocycles. The molecule has 1 heterocycles. The van der Waals surface area contributed by atoms with Crippen LogP contribution in [0.4, 0.5) is 0 Å². The summed E-state index contributed by atoms with van der Waals surface area (Å²) in [7, 11) is -3.55. The number of sulfonamides is 1. The smallest absolute Gasteiger partial charge is 0.246 e. The Morgan fingerprint density at radius 3 is 2.50 bits per heavy atom. The highest BCUT2D eigenvalue weighted by Gasteiger charge is 2.30. The van der Waals surface area contributed by atoms with Crippen LogP contribution in [0.2, 0.25) is 0 Å². The van der Waals surface area contributed by atoms with Crippen LogP contribution in [0.5, 0.6) is 5.75 Å². The molecule has 0 aliphatic carbocycles. The van der Waals surface area contributed by atoms with Crippen LogP contribution >= 0.6 is 0 Å². The second kappa shape index (κ2) is 7.41. The molecule has 1 aromatic rings. The molecular weight excluding hydrogens is 304 g/mol. The SMILES string of the molecule is CCOc1cc(C)ccc1S(=O)(=O)N1CCN(CCO)CC1. The van der Waals surface area contributed by atoms with Crippen molar-refractivity contribution in [3.8, 4) is 5.75 Å². The number of aliphatic hydroxyl groups is 1. The Hall–Kier alpha value is -1.15. The minimum absolute atomic E-state index is 0.0964. The van der Waals surface area contributed by atoms with Crippen molar-refractivity contribution in [3.63, 3.8) is 0 Å². The Morgan fingerprint density at radius 2 is 1.91 bits per heavy atom. The average molecular weight is 328 g/mol. The largest absolute Gasteiger partial charge is 0.492 e. The summed E-state index contributed by atoms with van der Waals surface area (Å²) >= 11 is 0. The second-order valence-corrected chi connectivity index (χ2v) is 7.26. The van der Waals surface area contributed by atoms with Crippen LogP contribution in [0.3, 0.4) is 0 Å². The van der Waals surface area contributed by atoms with Crippen molar-refractivity contribution in [2.75, 3.05) is 45.9 Å². The molecule has 7 heteroatoms. The van der Waals surface area contributed by atoms with Gasteiger partial charge in [-0.3, -0.25) is 4.90 Å². The molecule has 1 aromatic carbocycles. The molecule has 1 aliphatic rings. The Morgan fingerprint density at radius 1 is 1.23 bits per heavy atom. The lowest BCUT2D eigenvalue weighted by molar-refractivity contribution is 0.151. The molecule has 2 rings (SSSR count). The van der Waals surface area contributed by atoms with Crippen LogP contribution in [0.1, 0.15) is 12.5 Å². The van der Waals surface area contributed by atoms with Gasteiger partial charge in [0.1, 0.15) is 10.6 Å². The number of benzene rings is 1. The summed E-state index contributed by atoms with van der Waals surface area (Å²) < 4.78 is 32.7. The van der Waals surface area contributed by atoms with Gasteiger partial charge in [-0.2, -0.15) is 4.31 Å². The van der Waals surface area contributed by atoms with Crippen LogP contribution in [0.25, 0.3) is 0 Å². The molecular formula is C15H24N2O4S. The minimum Gasteiger partial charge on any atom is -0.492 e. The summed E-state index contributed by atoms with van der Waals surface area (Å²) in [4.78, 5) is 2.29. The monoisotopic (exact) mass is 328 g/mol. The molecule has 0 amide bonds. The number of nitrogens with zero attached hydrogens (tertiary/aromatic N) is 2. The fourth-order valence-electron chi connectivity index (χ4n) is 2.57. The third-order valence-electron chi connectivity index (χ3n) is 3.76. The van der Waals surface area contributed by atoms with E-state index in [1.54, 1.807) is 18.2 Å². The summed E-state index contributed by atoms with van der Waals surface area (Å²) in [5, 5.41) is 8.95. The fourth-order valence-corrected chi connectivity index (χ4v) is 4.10. The standard InChI is InChI=1S/C15H24N2O4S/c1-3-21-14-12-13(2)4-5-15(14)22(19,20)17-8-6-16(7-9-17)10-11-18/h4-5,12,18H,3,6-11H2,1-2H3. The number of ether oxygens (including phenoxy) is 1. The molecule has 0 atom stereocenters. The van der Waals surface area contributed by atoms with Crippen LogP contribution in [0, 0.1) is 6.92 Å². The van der Waals surface area contributed by atoms with E-state index < -0.39 is 10.0 Å². The van der Waals surface area contributed by atoms with Crippen molar-refractivity contribution in [1.29, 1.82) is 0 Å². The Labute approximate surface area is 132 Å². The molecule has 124 valence electrons. The number of aliphatic hydroxyl groups excluding tert-OH is 1. The van der Waals surface area contributed by atoms with E-state index in [0.29, 0.717) is 45.1 Å². The number of rotatable bonds is 6. The van der Waals surface area contributed by atoms with Gasteiger partial charge in [-0.05, 0) is 31.5 Å². The summed E-state index contributed by atoms with van der Waals surface area (Å²) in [5.74, 6) is 0.417. The highest BCUT2D eigenvalue weighted by molar-refractivity contribution is 7.89. The molecule has 22 heavy (non-hydrogen) atoms. The van der Waals surface area contributed by atoms with E-state index in [9.17, 15) is 8.42 Å². The molecule has 1 fully saturated rings. The van der Waals surface area contributed by atoms with Gasteiger partial charge in [0.05, 0.1) is 13.2 Å². The maximum absolute atomic E-state index is 12.8. The van der Waals surface area contributed by atoms with E-state index in [0.717, 1.165) is 5.56 Å². The van der Waals surface area contributed by atoms with Crippen LogP contribution in [0.15, 0.2) is 23.1 Å². The number of aryl methyl sites for hydroxylation is 1. The first-order chi connectivity index (χ1) is 10.5. The summed E-state index contributed by atoms with van der Waals surface area (Å²) in [6.07, 6.45) is 0. The van der Waals surface area contributed by atoms with Crippen LogP contribution < -0.4 is 4.74 Å². The number of hydrogen-bond donors (Lipinski definition) is 1. The molecule has 1 N–H and O–H groups in total. The lowest BCUT2D eigenvalue weighted by Gasteiger charge is -2.33. The predicted molar refractivity (Wildman–Crippen MR) is 84.6 cm³/mol. The van der Waals surface area contributed by atoms with Gasteiger partial charge in [-0.25, -0.2) is 8.42 Å². The first-order valence-electron chi connectivity index (χ1n) is 7.56. The van der Waals surface area contributed by atoms with Gasteiger partial charge in [0.2, 0.25) is 10.0 Å². The Balaban J connectivity index is 2.21. The predicted octanol–water partition coefficient (Wildman–Crippen LogP) is 0.692. The number of piperazine rings is 1. The van der Waals surface area contributed by atoms with Crippen molar-refractivity contribution in [1.82, 2.24) is 9.21 Å². The second-order valence-electron chi connectivity index (χ2n) is 5.35. The fraction of sp³-hybridized carbons (Fsp3) is 0.600. The van der Waals surface area contributed by atoms with Crippen molar-refractivity contribution < 1.29 is 18.3 Å². The summed E-state index contributed by atoms with van der Waals surface area (Å²) in [6, 6.07) is 5.17. The average Bonchev–Trinajstić information content (AvgIpc) is 2.48.